The van der Waals surface area contributed by atoms with Crippen molar-refractivity contribution in [1.29, 1.82) is 0 Å². The van der Waals surface area contributed by atoms with Gasteiger partial charge in [-0.25, -0.2) is 0 Å². The maximum absolute atomic E-state index is 2.33. The van der Waals surface area contributed by atoms with Crippen LogP contribution in [0.2, 0.25) is 0 Å². The Labute approximate surface area is 67.1 Å². The van der Waals surface area contributed by atoms with E-state index in [1.807, 2.05) is 0 Å². The highest BCUT2D eigenvalue weighted by atomic mass is 28.1. The van der Waals surface area contributed by atoms with Gasteiger partial charge in [0.25, 0.3) is 0 Å². The summed E-state index contributed by atoms with van der Waals surface area (Å²) in [6, 6.07) is 0. The van der Waals surface area contributed by atoms with Crippen LogP contribution in [0.4, 0.5) is 0 Å². The molecule has 58 valence electrons. The van der Waals surface area contributed by atoms with Gasteiger partial charge in [0.05, 0.1) is 0 Å². The minimum atomic E-state index is 0.970. The van der Waals surface area contributed by atoms with E-state index in [1.165, 1.54) is 35.9 Å². The minimum absolute atomic E-state index is 0.970. The topological polar surface area (TPSA) is 0 Å². The molecule has 1 heteroatoms. The standard InChI is InChI=1S/C9H18Si/c1-7(8(2)10)9-5-3-4-6-9/h9H,3-6H2,1-2,10H3. The van der Waals surface area contributed by atoms with Gasteiger partial charge in [-0.05, 0) is 32.6 Å². The largest absolute Gasteiger partial charge is 0.0956 e. The van der Waals surface area contributed by atoms with E-state index in [0.717, 1.165) is 5.92 Å². The van der Waals surface area contributed by atoms with Gasteiger partial charge in [0.1, 0.15) is 0 Å². The van der Waals surface area contributed by atoms with Crippen LogP contribution >= 0.6 is 0 Å². The van der Waals surface area contributed by atoms with Gasteiger partial charge in [0.2, 0.25) is 0 Å². The zero-order valence-corrected chi connectivity index (χ0v) is 9.41. The number of hydrogen-bond donors (Lipinski definition) is 0. The molecular formula is C9H18Si. The first-order valence-corrected chi connectivity index (χ1v) is 5.36. The summed E-state index contributed by atoms with van der Waals surface area (Å²) in [6.07, 6.45) is 5.87. The van der Waals surface area contributed by atoms with Gasteiger partial charge in [-0.1, -0.05) is 23.6 Å². The highest BCUT2D eigenvalue weighted by Gasteiger charge is 2.16. The fraction of sp³-hybridized carbons (Fsp3) is 0.778. The Kier molecular flexibility index (Phi) is 2.72. The van der Waals surface area contributed by atoms with Gasteiger partial charge < -0.3 is 0 Å². The van der Waals surface area contributed by atoms with Gasteiger partial charge in [-0.3, -0.25) is 0 Å². The van der Waals surface area contributed by atoms with E-state index in [0.29, 0.717) is 0 Å². The Morgan fingerprint density at radius 1 is 1.20 bits per heavy atom. The average molecular weight is 154 g/mol. The average Bonchev–Trinajstić information content (AvgIpc) is 2.36. The molecule has 0 atom stereocenters. The SMILES string of the molecule is CC([SiH3])=C(C)C1CCCC1. The lowest BCUT2D eigenvalue weighted by Crippen LogP contribution is -1.97. The fourth-order valence-electron chi connectivity index (χ4n) is 1.77. The monoisotopic (exact) mass is 154 g/mol. The molecule has 0 heterocycles. The van der Waals surface area contributed by atoms with E-state index in [-0.39, 0.29) is 0 Å². The van der Waals surface area contributed by atoms with Crippen molar-refractivity contribution >= 4 is 10.2 Å². The Bertz CT molecular complexity index is 137. The van der Waals surface area contributed by atoms with Crippen molar-refractivity contribution in [3.05, 3.63) is 10.8 Å². The van der Waals surface area contributed by atoms with Crippen LogP contribution in [0, 0.1) is 5.92 Å². The summed E-state index contributed by atoms with van der Waals surface area (Å²) in [5.74, 6) is 0.970. The molecule has 0 saturated heterocycles. The van der Waals surface area contributed by atoms with Gasteiger partial charge in [-0.2, -0.15) is 0 Å². The first kappa shape index (κ1) is 8.06. The smallest absolute Gasteiger partial charge is 0.0328 e. The molecule has 0 nitrogen and oxygen atoms in total. The highest BCUT2D eigenvalue weighted by molar-refractivity contribution is 6.21. The van der Waals surface area contributed by atoms with Gasteiger partial charge >= 0.3 is 0 Å². The lowest BCUT2D eigenvalue weighted by atomic mass is 9.99. The molecule has 0 aromatic carbocycles. The molecule has 0 aromatic rings. The number of allylic oxidation sites excluding steroid dienone is 2. The van der Waals surface area contributed by atoms with E-state index in [2.05, 4.69) is 13.8 Å². The second-order valence-corrected chi connectivity index (χ2v) is 5.16. The molecular weight excluding hydrogens is 136 g/mol. The highest BCUT2D eigenvalue weighted by Crippen LogP contribution is 2.31. The summed E-state index contributed by atoms with van der Waals surface area (Å²) < 4.78 is 0. The molecule has 1 aliphatic carbocycles. The summed E-state index contributed by atoms with van der Waals surface area (Å²) >= 11 is 0. The van der Waals surface area contributed by atoms with Crippen LogP contribution in [0.25, 0.3) is 0 Å². The second kappa shape index (κ2) is 3.38. The third kappa shape index (κ3) is 1.72. The van der Waals surface area contributed by atoms with E-state index in [1.54, 1.807) is 10.8 Å². The molecule has 0 spiro atoms. The summed E-state index contributed by atoms with van der Waals surface area (Å²) in [4.78, 5) is 0. The summed E-state index contributed by atoms with van der Waals surface area (Å²) in [6.45, 7) is 4.62. The van der Waals surface area contributed by atoms with Crippen molar-refractivity contribution in [2.45, 2.75) is 39.5 Å². The first-order chi connectivity index (χ1) is 4.72. The maximum atomic E-state index is 2.33. The predicted molar refractivity (Wildman–Crippen MR) is 50.3 cm³/mol. The van der Waals surface area contributed by atoms with Crippen LogP contribution in [0.1, 0.15) is 39.5 Å². The second-order valence-electron chi connectivity index (χ2n) is 3.66. The van der Waals surface area contributed by atoms with Gasteiger partial charge in [-0.15, -0.1) is 0 Å². The Balaban J connectivity index is 2.56. The summed E-state index contributed by atoms with van der Waals surface area (Å²) in [5.41, 5.74) is 1.71. The van der Waals surface area contributed by atoms with Crippen molar-refractivity contribution in [2.24, 2.45) is 5.92 Å². The molecule has 0 unspecified atom stereocenters. The van der Waals surface area contributed by atoms with Crippen LogP contribution in [0.5, 0.6) is 0 Å². The van der Waals surface area contributed by atoms with Crippen molar-refractivity contribution in [2.75, 3.05) is 0 Å². The third-order valence-electron chi connectivity index (χ3n) is 2.76. The summed E-state index contributed by atoms with van der Waals surface area (Å²) in [7, 11) is 1.27. The molecule has 10 heavy (non-hydrogen) atoms. The van der Waals surface area contributed by atoms with Gasteiger partial charge in [0.15, 0.2) is 0 Å². The maximum Gasteiger partial charge on any atom is 0.0328 e. The van der Waals surface area contributed by atoms with Crippen LogP contribution in [0.15, 0.2) is 10.8 Å². The van der Waals surface area contributed by atoms with E-state index >= 15 is 0 Å². The third-order valence-corrected chi connectivity index (χ3v) is 3.54. The quantitative estimate of drug-likeness (QED) is 0.506. The fourth-order valence-corrected chi connectivity index (χ4v) is 2.18. The molecule has 0 aliphatic heterocycles. The normalized spacial score (nSPS) is 23.4. The van der Waals surface area contributed by atoms with E-state index in [9.17, 15) is 0 Å². The van der Waals surface area contributed by atoms with E-state index in [4.69, 9.17) is 0 Å². The molecule has 1 aliphatic rings. The molecule has 1 saturated carbocycles. The Morgan fingerprint density at radius 2 is 1.70 bits per heavy atom. The minimum Gasteiger partial charge on any atom is -0.0956 e. The van der Waals surface area contributed by atoms with Gasteiger partial charge in [0, 0.05) is 10.2 Å². The molecule has 0 radical (unpaired) electrons. The lowest BCUT2D eigenvalue weighted by Gasteiger charge is -2.11. The Hall–Kier alpha value is -0.0431. The number of hydrogen-bond acceptors (Lipinski definition) is 0. The Morgan fingerprint density at radius 3 is 2.10 bits per heavy atom. The van der Waals surface area contributed by atoms with Crippen LogP contribution in [-0.4, -0.2) is 10.2 Å². The van der Waals surface area contributed by atoms with Crippen LogP contribution in [0.3, 0.4) is 0 Å². The molecule has 0 N–H and O–H groups in total. The van der Waals surface area contributed by atoms with Crippen LogP contribution in [-0.2, 0) is 0 Å². The van der Waals surface area contributed by atoms with Crippen molar-refractivity contribution in [1.82, 2.24) is 0 Å². The molecule has 1 fully saturated rings. The molecule has 0 bridgehead atoms. The van der Waals surface area contributed by atoms with Crippen molar-refractivity contribution in [3.63, 3.8) is 0 Å². The molecule has 1 rings (SSSR count). The predicted octanol–water partition coefficient (Wildman–Crippen LogP) is 1.84. The summed E-state index contributed by atoms with van der Waals surface area (Å²) in [5, 5.41) is 1.67. The zero-order valence-electron chi connectivity index (χ0n) is 7.41. The number of rotatable bonds is 1. The van der Waals surface area contributed by atoms with Crippen molar-refractivity contribution in [3.8, 4) is 0 Å². The molecule has 0 aromatic heterocycles. The van der Waals surface area contributed by atoms with Crippen molar-refractivity contribution < 1.29 is 0 Å². The van der Waals surface area contributed by atoms with E-state index < -0.39 is 0 Å². The van der Waals surface area contributed by atoms with Crippen LogP contribution < -0.4 is 0 Å². The molecule has 0 amide bonds. The zero-order chi connectivity index (χ0) is 7.56. The first-order valence-electron chi connectivity index (χ1n) is 4.36. The lowest BCUT2D eigenvalue weighted by molar-refractivity contribution is 0.639.